The van der Waals surface area contributed by atoms with Crippen LogP contribution in [0.4, 0.5) is 5.95 Å². The number of nitrogens with zero attached hydrogens (tertiary/aromatic N) is 4. The molecule has 1 amide bonds. The van der Waals surface area contributed by atoms with Crippen molar-refractivity contribution in [2.45, 2.75) is 31.8 Å². The minimum Gasteiger partial charge on any atom is -0.497 e. The van der Waals surface area contributed by atoms with Crippen molar-refractivity contribution in [1.82, 2.24) is 14.8 Å². The van der Waals surface area contributed by atoms with Crippen LogP contribution < -0.4 is 9.64 Å². The number of ether oxygens (including phenoxy) is 1. The van der Waals surface area contributed by atoms with Crippen LogP contribution in [-0.4, -0.2) is 27.8 Å². The zero-order valence-corrected chi connectivity index (χ0v) is 16.5. The number of fused-ring (bicyclic) bond motifs is 1. The molecule has 2 aromatic carbocycles. The summed E-state index contributed by atoms with van der Waals surface area (Å²) >= 11 is 6.07. The second-order valence-electron chi connectivity index (χ2n) is 6.71. The van der Waals surface area contributed by atoms with Crippen molar-refractivity contribution in [3.8, 4) is 5.75 Å². The van der Waals surface area contributed by atoms with Gasteiger partial charge in [-0.1, -0.05) is 42.8 Å². The predicted octanol–water partition coefficient (Wildman–Crippen LogP) is 4.42. The highest BCUT2D eigenvalue weighted by Gasteiger charge is 2.38. The van der Waals surface area contributed by atoms with E-state index in [2.05, 4.69) is 10.1 Å². The van der Waals surface area contributed by atoms with Gasteiger partial charge in [0.25, 0.3) is 0 Å². The fraction of sp³-hybridized carbons (Fsp3) is 0.286. The molecule has 3 aromatic rings. The third-order valence-corrected chi connectivity index (χ3v) is 5.40. The average molecular weight is 397 g/mol. The van der Waals surface area contributed by atoms with Crippen molar-refractivity contribution < 1.29 is 9.53 Å². The zero-order chi connectivity index (χ0) is 19.7. The summed E-state index contributed by atoms with van der Waals surface area (Å²) < 4.78 is 7.11. The van der Waals surface area contributed by atoms with Crippen molar-refractivity contribution in [1.29, 1.82) is 0 Å². The van der Waals surface area contributed by atoms with E-state index in [-0.39, 0.29) is 18.0 Å². The Kier molecular flexibility index (Phi) is 5.05. The standard InChI is InChI=1S/C21H21ClN4O2/c1-3-20(27)25-18(14-4-8-16(22)9-5-14)12-19(26-21(25)23-13-24-26)15-6-10-17(28-2)11-7-15/h4-11,13,18-19H,3,12H2,1-2H3/t18-,19+/m0/s1. The molecule has 4 rings (SSSR count). The van der Waals surface area contributed by atoms with E-state index >= 15 is 0 Å². The highest BCUT2D eigenvalue weighted by molar-refractivity contribution is 6.30. The van der Waals surface area contributed by atoms with E-state index in [1.807, 2.05) is 60.1 Å². The molecule has 0 radical (unpaired) electrons. The molecular formula is C21H21ClN4O2. The summed E-state index contributed by atoms with van der Waals surface area (Å²) in [6.07, 6.45) is 2.59. The van der Waals surface area contributed by atoms with Crippen LogP contribution >= 0.6 is 11.6 Å². The first kappa shape index (κ1) is 18.5. The molecular weight excluding hydrogens is 376 g/mol. The van der Waals surface area contributed by atoms with Gasteiger partial charge in [-0.25, -0.2) is 4.68 Å². The number of anilines is 1. The first-order chi connectivity index (χ1) is 13.6. The molecule has 2 heterocycles. The van der Waals surface area contributed by atoms with E-state index in [4.69, 9.17) is 16.3 Å². The van der Waals surface area contributed by atoms with Crippen molar-refractivity contribution in [2.75, 3.05) is 12.0 Å². The highest BCUT2D eigenvalue weighted by atomic mass is 35.5. The van der Waals surface area contributed by atoms with E-state index in [9.17, 15) is 4.79 Å². The van der Waals surface area contributed by atoms with Crippen molar-refractivity contribution in [3.05, 3.63) is 71.0 Å². The van der Waals surface area contributed by atoms with Crippen LogP contribution in [0.5, 0.6) is 5.75 Å². The van der Waals surface area contributed by atoms with Gasteiger partial charge in [-0.2, -0.15) is 10.1 Å². The van der Waals surface area contributed by atoms with Crippen LogP contribution in [0.25, 0.3) is 0 Å². The summed E-state index contributed by atoms with van der Waals surface area (Å²) in [7, 11) is 1.65. The fourth-order valence-electron chi connectivity index (χ4n) is 3.72. The average Bonchev–Trinajstić information content (AvgIpc) is 3.22. The summed E-state index contributed by atoms with van der Waals surface area (Å²) in [6.45, 7) is 1.86. The van der Waals surface area contributed by atoms with Gasteiger partial charge in [-0.15, -0.1) is 0 Å². The van der Waals surface area contributed by atoms with Crippen molar-refractivity contribution in [3.63, 3.8) is 0 Å². The molecule has 0 unspecified atom stereocenters. The smallest absolute Gasteiger partial charge is 0.231 e. The van der Waals surface area contributed by atoms with E-state index in [1.54, 1.807) is 12.0 Å². The summed E-state index contributed by atoms with van der Waals surface area (Å²) in [5.41, 5.74) is 2.12. The number of carbonyl (C=O) groups is 1. The quantitative estimate of drug-likeness (QED) is 0.655. The van der Waals surface area contributed by atoms with Crippen LogP contribution in [-0.2, 0) is 4.79 Å². The maximum atomic E-state index is 12.8. The number of aromatic nitrogens is 3. The minimum absolute atomic E-state index is 0.0161. The summed E-state index contributed by atoms with van der Waals surface area (Å²) in [5.74, 6) is 1.39. The molecule has 1 aliphatic heterocycles. The molecule has 2 atom stereocenters. The van der Waals surface area contributed by atoms with Crippen LogP contribution in [0.3, 0.4) is 0 Å². The maximum Gasteiger partial charge on any atom is 0.231 e. The van der Waals surface area contributed by atoms with Gasteiger partial charge in [-0.3, -0.25) is 9.69 Å². The van der Waals surface area contributed by atoms with E-state index in [0.717, 1.165) is 16.9 Å². The largest absolute Gasteiger partial charge is 0.497 e. The molecule has 0 bridgehead atoms. The van der Waals surface area contributed by atoms with Crippen molar-refractivity contribution >= 4 is 23.5 Å². The van der Waals surface area contributed by atoms with E-state index in [1.165, 1.54) is 6.33 Å². The summed E-state index contributed by atoms with van der Waals surface area (Å²) in [5, 5.41) is 5.09. The molecule has 0 aliphatic carbocycles. The number of methoxy groups -OCH3 is 1. The summed E-state index contributed by atoms with van der Waals surface area (Å²) in [4.78, 5) is 19.0. The predicted molar refractivity (Wildman–Crippen MR) is 108 cm³/mol. The topological polar surface area (TPSA) is 60.2 Å². The molecule has 28 heavy (non-hydrogen) atoms. The second-order valence-corrected chi connectivity index (χ2v) is 7.15. The normalized spacial score (nSPS) is 18.6. The Balaban J connectivity index is 1.80. The monoisotopic (exact) mass is 396 g/mol. The number of hydrogen-bond acceptors (Lipinski definition) is 4. The van der Waals surface area contributed by atoms with Gasteiger partial charge in [0.1, 0.15) is 12.1 Å². The fourth-order valence-corrected chi connectivity index (χ4v) is 3.85. The number of rotatable bonds is 4. The Labute approximate surface area is 168 Å². The van der Waals surface area contributed by atoms with Gasteiger partial charge in [0.2, 0.25) is 11.9 Å². The van der Waals surface area contributed by atoms with Gasteiger partial charge in [0, 0.05) is 11.4 Å². The van der Waals surface area contributed by atoms with Gasteiger partial charge < -0.3 is 4.74 Å². The molecule has 0 saturated heterocycles. The number of carbonyl (C=O) groups excluding carboxylic acids is 1. The first-order valence-electron chi connectivity index (χ1n) is 9.23. The molecule has 1 aliphatic rings. The van der Waals surface area contributed by atoms with Crippen LogP contribution in [0.1, 0.15) is 43.0 Å². The van der Waals surface area contributed by atoms with Crippen LogP contribution in [0.2, 0.25) is 5.02 Å². The minimum atomic E-state index is -0.145. The number of hydrogen-bond donors (Lipinski definition) is 0. The Hall–Kier alpha value is -2.86. The Bertz CT molecular complexity index is 969. The number of amides is 1. The summed E-state index contributed by atoms with van der Waals surface area (Å²) in [6, 6.07) is 15.4. The third kappa shape index (κ3) is 3.24. The lowest BCUT2D eigenvalue weighted by Crippen LogP contribution is -2.42. The number of benzene rings is 2. The molecule has 0 fully saturated rings. The van der Waals surface area contributed by atoms with E-state index in [0.29, 0.717) is 23.8 Å². The lowest BCUT2D eigenvalue weighted by molar-refractivity contribution is -0.119. The SMILES string of the molecule is CCC(=O)N1c2ncnn2[C@@H](c2ccc(OC)cc2)C[C@H]1c1ccc(Cl)cc1. The van der Waals surface area contributed by atoms with Gasteiger partial charge >= 0.3 is 0 Å². The lowest BCUT2D eigenvalue weighted by atomic mass is 9.91. The number of halogens is 1. The Morgan fingerprint density at radius 2 is 1.75 bits per heavy atom. The molecule has 6 nitrogen and oxygen atoms in total. The molecule has 0 saturated carbocycles. The first-order valence-corrected chi connectivity index (χ1v) is 9.61. The molecule has 7 heteroatoms. The molecule has 1 aromatic heterocycles. The highest BCUT2D eigenvalue weighted by Crippen LogP contribution is 2.42. The lowest BCUT2D eigenvalue weighted by Gasteiger charge is -2.39. The molecule has 144 valence electrons. The maximum absolute atomic E-state index is 12.8. The van der Waals surface area contributed by atoms with Crippen LogP contribution in [0, 0.1) is 0 Å². The Morgan fingerprint density at radius 1 is 1.11 bits per heavy atom. The van der Waals surface area contributed by atoms with Gasteiger partial charge in [0.05, 0.1) is 19.2 Å². The zero-order valence-electron chi connectivity index (χ0n) is 15.7. The second kappa shape index (κ2) is 7.64. The van der Waals surface area contributed by atoms with Crippen LogP contribution in [0.15, 0.2) is 54.9 Å². The third-order valence-electron chi connectivity index (χ3n) is 5.15. The van der Waals surface area contributed by atoms with E-state index < -0.39 is 0 Å². The Morgan fingerprint density at radius 3 is 2.39 bits per heavy atom. The van der Waals surface area contributed by atoms with Crippen molar-refractivity contribution in [2.24, 2.45) is 0 Å². The molecule has 0 N–H and O–H groups in total. The van der Waals surface area contributed by atoms with Gasteiger partial charge in [0.15, 0.2) is 0 Å². The molecule has 0 spiro atoms. The van der Waals surface area contributed by atoms with Gasteiger partial charge in [-0.05, 0) is 41.8 Å².